The quantitative estimate of drug-likeness (QED) is 0.498. The minimum atomic E-state index is -3.94. The Bertz CT molecular complexity index is 1280. The van der Waals surface area contributed by atoms with E-state index >= 15 is 0 Å². The van der Waals surface area contributed by atoms with Crippen LogP contribution >= 0.6 is 0 Å². The van der Waals surface area contributed by atoms with E-state index in [4.69, 9.17) is 9.47 Å². The number of hydrogen-bond acceptors (Lipinski definition) is 6. The maximum Gasteiger partial charge on any atom is 0.387 e. The minimum Gasteiger partial charge on any atom is -0.486 e. The van der Waals surface area contributed by atoms with E-state index in [-0.39, 0.29) is 28.4 Å². The molecule has 3 aromatic carbocycles. The maximum absolute atomic E-state index is 12.8. The smallest absolute Gasteiger partial charge is 0.387 e. The van der Waals surface area contributed by atoms with E-state index in [1.165, 1.54) is 48.5 Å². The third-order valence-corrected chi connectivity index (χ3v) is 6.18. The van der Waals surface area contributed by atoms with Crippen molar-refractivity contribution in [2.75, 3.05) is 17.9 Å². The van der Waals surface area contributed by atoms with Crippen LogP contribution < -0.4 is 24.2 Å². The van der Waals surface area contributed by atoms with Crippen molar-refractivity contribution in [3.8, 4) is 17.2 Å². The van der Waals surface area contributed by atoms with Crippen molar-refractivity contribution in [1.29, 1.82) is 0 Å². The first-order valence-corrected chi connectivity index (χ1v) is 11.6. The number of anilines is 1. The molecule has 1 aliphatic rings. The summed E-state index contributed by atoms with van der Waals surface area (Å²) in [5.74, 6) is 0.396. The van der Waals surface area contributed by atoms with Crippen molar-refractivity contribution in [1.82, 2.24) is 5.32 Å². The van der Waals surface area contributed by atoms with E-state index in [2.05, 4.69) is 14.8 Å². The van der Waals surface area contributed by atoms with Crippen LogP contribution in [-0.2, 0) is 16.6 Å². The highest BCUT2D eigenvalue weighted by Crippen LogP contribution is 2.32. The molecule has 4 rings (SSSR count). The number of fused-ring (bicyclic) bond motifs is 1. The molecule has 1 amide bonds. The predicted octanol–water partition coefficient (Wildman–Crippen LogP) is 3.79. The lowest BCUT2D eigenvalue weighted by atomic mass is 10.1. The molecule has 3 aromatic rings. The van der Waals surface area contributed by atoms with Crippen LogP contribution in [0, 0.1) is 0 Å². The van der Waals surface area contributed by atoms with Crippen molar-refractivity contribution in [2.24, 2.45) is 0 Å². The molecule has 1 aliphatic heterocycles. The predicted molar refractivity (Wildman–Crippen MR) is 119 cm³/mol. The Hall–Kier alpha value is -3.86. The van der Waals surface area contributed by atoms with Crippen LogP contribution in [0.15, 0.2) is 71.6 Å². The molecule has 2 N–H and O–H groups in total. The minimum absolute atomic E-state index is 0.00845. The molecular weight excluding hydrogens is 470 g/mol. The summed E-state index contributed by atoms with van der Waals surface area (Å²) >= 11 is 0. The first kappa shape index (κ1) is 23.3. The van der Waals surface area contributed by atoms with Gasteiger partial charge in [0.15, 0.2) is 11.5 Å². The number of rotatable bonds is 8. The number of sulfonamides is 1. The molecule has 0 saturated heterocycles. The van der Waals surface area contributed by atoms with Crippen LogP contribution in [-0.4, -0.2) is 34.2 Å². The molecule has 11 heteroatoms. The molecule has 0 spiro atoms. The maximum atomic E-state index is 12.8. The van der Waals surface area contributed by atoms with Gasteiger partial charge in [0.2, 0.25) is 0 Å². The van der Waals surface area contributed by atoms with Gasteiger partial charge in [-0.3, -0.25) is 9.52 Å². The zero-order valence-corrected chi connectivity index (χ0v) is 18.5. The summed E-state index contributed by atoms with van der Waals surface area (Å²) in [5.41, 5.74) is 1.11. The van der Waals surface area contributed by atoms with E-state index < -0.39 is 22.5 Å². The van der Waals surface area contributed by atoms with E-state index in [1.807, 2.05) is 0 Å². The summed E-state index contributed by atoms with van der Waals surface area (Å²) in [7, 11) is -3.94. The van der Waals surface area contributed by atoms with Crippen molar-refractivity contribution in [3.05, 3.63) is 77.9 Å². The Morgan fingerprint density at radius 2 is 1.71 bits per heavy atom. The molecule has 0 radical (unpaired) electrons. The van der Waals surface area contributed by atoms with Gasteiger partial charge in [-0.25, -0.2) is 8.42 Å². The Kier molecular flexibility index (Phi) is 6.82. The normalized spacial score (nSPS) is 12.8. The molecule has 8 nitrogen and oxygen atoms in total. The van der Waals surface area contributed by atoms with Crippen molar-refractivity contribution < 1.29 is 36.2 Å². The van der Waals surface area contributed by atoms with Crippen molar-refractivity contribution in [3.63, 3.8) is 0 Å². The Balaban J connectivity index is 1.40. The van der Waals surface area contributed by atoms with Crippen LogP contribution in [0.4, 0.5) is 14.5 Å². The van der Waals surface area contributed by atoms with Gasteiger partial charge in [0, 0.05) is 23.9 Å². The second-order valence-corrected chi connectivity index (χ2v) is 8.88. The van der Waals surface area contributed by atoms with E-state index in [0.717, 1.165) is 0 Å². The summed E-state index contributed by atoms with van der Waals surface area (Å²) in [5, 5.41) is 2.70. The fraction of sp³-hybridized carbons (Fsp3) is 0.174. The Labute approximate surface area is 194 Å². The SMILES string of the molecule is O=C(NCc1ccc(OC(F)F)cc1)c1cccc(NS(=O)(=O)c2ccc3c(c2)OCCO3)c1. The molecule has 0 aliphatic carbocycles. The molecule has 178 valence electrons. The first-order valence-electron chi connectivity index (χ1n) is 10.1. The average Bonchev–Trinajstić information content (AvgIpc) is 2.82. The summed E-state index contributed by atoms with van der Waals surface area (Å²) < 4.78 is 67.7. The van der Waals surface area contributed by atoms with Gasteiger partial charge in [-0.15, -0.1) is 0 Å². The van der Waals surface area contributed by atoms with Gasteiger partial charge in [-0.1, -0.05) is 18.2 Å². The monoisotopic (exact) mass is 490 g/mol. The van der Waals surface area contributed by atoms with Gasteiger partial charge in [-0.2, -0.15) is 8.78 Å². The van der Waals surface area contributed by atoms with Gasteiger partial charge in [0.25, 0.3) is 15.9 Å². The van der Waals surface area contributed by atoms with Crippen molar-refractivity contribution in [2.45, 2.75) is 18.1 Å². The summed E-state index contributed by atoms with van der Waals surface area (Å²) in [6.07, 6.45) is 0. The average molecular weight is 490 g/mol. The Morgan fingerprint density at radius 3 is 2.44 bits per heavy atom. The van der Waals surface area contributed by atoms with Gasteiger partial charge < -0.3 is 19.5 Å². The molecule has 1 heterocycles. The van der Waals surface area contributed by atoms with Crippen LogP contribution in [0.2, 0.25) is 0 Å². The number of amides is 1. The third-order valence-electron chi connectivity index (χ3n) is 4.80. The van der Waals surface area contributed by atoms with Gasteiger partial charge in [0.05, 0.1) is 4.90 Å². The Morgan fingerprint density at radius 1 is 0.971 bits per heavy atom. The molecule has 0 atom stereocenters. The highest BCUT2D eigenvalue weighted by atomic mass is 32.2. The molecule has 0 bridgehead atoms. The van der Waals surface area contributed by atoms with E-state index in [0.29, 0.717) is 30.3 Å². The lowest BCUT2D eigenvalue weighted by Crippen LogP contribution is -2.23. The molecule has 34 heavy (non-hydrogen) atoms. The van der Waals surface area contributed by atoms with Crippen molar-refractivity contribution >= 4 is 21.6 Å². The van der Waals surface area contributed by atoms with Crippen LogP contribution in [0.25, 0.3) is 0 Å². The van der Waals surface area contributed by atoms with E-state index in [9.17, 15) is 22.0 Å². The molecule has 0 fully saturated rings. The number of carbonyl (C=O) groups is 1. The number of hydrogen-bond donors (Lipinski definition) is 2. The summed E-state index contributed by atoms with van der Waals surface area (Å²) in [6.45, 7) is -2.05. The second kappa shape index (κ2) is 9.96. The lowest BCUT2D eigenvalue weighted by Gasteiger charge is -2.19. The van der Waals surface area contributed by atoms with Gasteiger partial charge in [-0.05, 0) is 48.0 Å². The number of nitrogens with one attached hydrogen (secondary N) is 2. The molecule has 0 aromatic heterocycles. The highest BCUT2D eigenvalue weighted by molar-refractivity contribution is 7.92. The summed E-state index contributed by atoms with van der Waals surface area (Å²) in [6, 6.07) is 16.2. The van der Waals surface area contributed by atoms with Crippen LogP contribution in [0.1, 0.15) is 15.9 Å². The number of carbonyl (C=O) groups excluding carboxylic acids is 1. The number of alkyl halides is 2. The standard InChI is InChI=1S/C23H20F2N2O6S/c24-23(25)33-18-6-4-15(5-7-18)14-26-22(28)16-2-1-3-17(12-16)27-34(29,30)19-8-9-20-21(13-19)32-11-10-31-20/h1-9,12-13,23,27H,10-11,14H2,(H,26,28). The number of ether oxygens (including phenoxy) is 3. The fourth-order valence-corrected chi connectivity index (χ4v) is 4.27. The van der Waals surface area contributed by atoms with E-state index in [1.54, 1.807) is 18.2 Å². The highest BCUT2D eigenvalue weighted by Gasteiger charge is 2.20. The van der Waals surface area contributed by atoms with Crippen LogP contribution in [0.3, 0.4) is 0 Å². The molecule has 0 unspecified atom stereocenters. The van der Waals surface area contributed by atoms with Gasteiger partial charge in [0.1, 0.15) is 19.0 Å². The zero-order valence-electron chi connectivity index (χ0n) is 17.7. The number of benzene rings is 3. The van der Waals surface area contributed by atoms with Gasteiger partial charge >= 0.3 is 6.61 Å². The zero-order chi connectivity index (χ0) is 24.1. The first-order chi connectivity index (χ1) is 16.3. The summed E-state index contributed by atoms with van der Waals surface area (Å²) in [4.78, 5) is 12.5. The topological polar surface area (TPSA) is 103 Å². The lowest BCUT2D eigenvalue weighted by molar-refractivity contribution is -0.0498. The number of halogens is 2. The van der Waals surface area contributed by atoms with Crippen LogP contribution in [0.5, 0.6) is 17.2 Å². The fourth-order valence-electron chi connectivity index (χ4n) is 3.20. The third kappa shape index (κ3) is 5.73. The second-order valence-electron chi connectivity index (χ2n) is 7.20. The molecule has 0 saturated carbocycles. The molecular formula is C23H20F2N2O6S. The largest absolute Gasteiger partial charge is 0.486 e.